The van der Waals surface area contributed by atoms with Crippen LogP contribution in [-0.2, 0) is 16.8 Å². The van der Waals surface area contributed by atoms with Gasteiger partial charge in [0.1, 0.15) is 0 Å². The van der Waals surface area contributed by atoms with Crippen molar-refractivity contribution >= 4 is 7.25 Å². The maximum atomic E-state index is 9.75. The molecule has 0 aliphatic carbocycles. The van der Waals surface area contributed by atoms with Crippen molar-refractivity contribution in [3.8, 4) is 0 Å². The maximum Gasteiger partial charge on any atom is 0.673 e. The Hall–Kier alpha value is 0.0514. The molecule has 0 aliphatic rings. The van der Waals surface area contributed by atoms with Gasteiger partial charge < -0.3 is 51.7 Å². The molecule has 0 spiro atoms. The maximum absolute atomic E-state index is 9.75. The van der Waals surface area contributed by atoms with Gasteiger partial charge in [-0.3, -0.25) is 0 Å². The molecule has 0 fully saturated rings. The minimum atomic E-state index is -6.00. The van der Waals surface area contributed by atoms with Gasteiger partial charge in [-0.05, 0) is 58.5 Å². The van der Waals surface area contributed by atoms with Gasteiger partial charge in [-0.2, -0.15) is 0 Å². The average Bonchev–Trinajstić information content (AvgIpc) is 2.31. The first-order chi connectivity index (χ1) is 9.24. The Kier molecular flexibility index (Phi) is 50.3. The van der Waals surface area contributed by atoms with Crippen LogP contribution in [0.1, 0.15) is 19.3 Å². The third-order valence-corrected chi connectivity index (χ3v) is 1.22. The summed E-state index contributed by atoms with van der Waals surface area (Å²) in [6.45, 7) is 4.31. The summed E-state index contributed by atoms with van der Waals surface area (Å²) < 4.78 is 39.0. The molecule has 21 heavy (non-hydrogen) atoms. The van der Waals surface area contributed by atoms with E-state index in [1.165, 1.54) is 0 Å². The summed E-state index contributed by atoms with van der Waals surface area (Å²) in [5.74, 6) is 0. The largest absolute Gasteiger partial charge is 0.673 e. The van der Waals surface area contributed by atoms with E-state index in [1.807, 2.05) is 0 Å². The molecule has 0 amide bonds. The quantitative estimate of drug-likeness (QED) is 0.266. The minimum Gasteiger partial charge on any atom is -0.418 e. The Balaban J connectivity index is -0.0000000533. The van der Waals surface area contributed by atoms with Gasteiger partial charge in [-0.15, -0.1) is 0 Å². The van der Waals surface area contributed by atoms with Crippen LogP contribution in [0.2, 0.25) is 0 Å². The molecule has 0 aliphatic heterocycles. The number of rotatable bonds is 6. The topological polar surface area (TPSA) is 156 Å². The van der Waals surface area contributed by atoms with Crippen molar-refractivity contribution in [1.82, 2.24) is 0 Å². The van der Waals surface area contributed by atoms with Crippen LogP contribution in [0.4, 0.5) is 17.3 Å². The van der Waals surface area contributed by atoms with Crippen molar-refractivity contribution < 1.29 is 34.0 Å². The first kappa shape index (κ1) is 32.9. The van der Waals surface area contributed by atoms with Crippen molar-refractivity contribution in [3.05, 3.63) is 0 Å². The van der Waals surface area contributed by atoms with E-state index in [1.54, 1.807) is 0 Å². The second kappa shape index (κ2) is 32.1. The fraction of sp³-hybridized carbons (Fsp3) is 1.00. The Morgan fingerprint density at radius 1 is 0.476 bits per heavy atom. The van der Waals surface area contributed by atoms with Crippen molar-refractivity contribution in [1.29, 1.82) is 0 Å². The standard InChI is InChI=1S/3C3H10N2.BF4.Co/c3*4-2-1-3-5;2-1(3,4)5;/h3*1-5H2;;/q;;;-1;. The van der Waals surface area contributed by atoms with Gasteiger partial charge in [0.05, 0.1) is 0 Å². The SMILES string of the molecule is F[B-](F)(F)F.NCCCN.NCCCN.NCCCN.[Co]. The molecule has 0 heterocycles. The molecule has 137 valence electrons. The van der Waals surface area contributed by atoms with Gasteiger partial charge in [-0.1, -0.05) is 0 Å². The molecule has 1 radical (unpaired) electrons. The summed E-state index contributed by atoms with van der Waals surface area (Å²) in [6, 6.07) is 0. The summed E-state index contributed by atoms with van der Waals surface area (Å²) in [4.78, 5) is 0. The van der Waals surface area contributed by atoms with Crippen LogP contribution >= 0.6 is 0 Å². The van der Waals surface area contributed by atoms with E-state index in [9.17, 15) is 17.3 Å². The Labute approximate surface area is 135 Å². The first-order valence-corrected chi connectivity index (χ1v) is 6.32. The van der Waals surface area contributed by atoms with Crippen molar-refractivity contribution in [2.75, 3.05) is 39.3 Å². The number of hydrogen-bond donors (Lipinski definition) is 6. The summed E-state index contributed by atoms with van der Waals surface area (Å²) in [7, 11) is -6.00. The monoisotopic (exact) mass is 368 g/mol. The number of nitrogens with two attached hydrogens (primary N) is 6. The molecular formula is C9H30BCoF4N6-. The van der Waals surface area contributed by atoms with Crippen LogP contribution in [0.15, 0.2) is 0 Å². The third-order valence-electron chi connectivity index (χ3n) is 1.22. The van der Waals surface area contributed by atoms with Crippen LogP contribution in [0.3, 0.4) is 0 Å². The van der Waals surface area contributed by atoms with Gasteiger partial charge in [0, 0.05) is 16.8 Å². The van der Waals surface area contributed by atoms with Crippen LogP contribution in [0, 0.1) is 0 Å². The predicted molar refractivity (Wildman–Crippen MR) is 78.4 cm³/mol. The third kappa shape index (κ3) is 178. The second-order valence-electron chi connectivity index (χ2n) is 3.29. The van der Waals surface area contributed by atoms with Gasteiger partial charge in [0.2, 0.25) is 0 Å². The van der Waals surface area contributed by atoms with Gasteiger partial charge >= 0.3 is 7.25 Å². The molecule has 6 nitrogen and oxygen atoms in total. The molecule has 12 heteroatoms. The average molecular weight is 368 g/mol. The van der Waals surface area contributed by atoms with Crippen LogP contribution in [0.5, 0.6) is 0 Å². The Morgan fingerprint density at radius 3 is 0.571 bits per heavy atom. The van der Waals surface area contributed by atoms with E-state index in [2.05, 4.69) is 0 Å². The zero-order chi connectivity index (χ0) is 16.9. The minimum absolute atomic E-state index is 0. The summed E-state index contributed by atoms with van der Waals surface area (Å²) >= 11 is 0. The molecule has 0 aromatic rings. The molecule has 0 atom stereocenters. The van der Waals surface area contributed by atoms with E-state index < -0.39 is 7.25 Å². The summed E-state index contributed by atoms with van der Waals surface area (Å²) in [5.41, 5.74) is 30.4. The molecule has 0 aromatic carbocycles. The fourth-order valence-corrected chi connectivity index (χ4v) is 0.354. The number of hydrogen-bond acceptors (Lipinski definition) is 6. The Morgan fingerprint density at radius 2 is 0.571 bits per heavy atom. The van der Waals surface area contributed by atoms with Crippen molar-refractivity contribution in [2.45, 2.75) is 19.3 Å². The van der Waals surface area contributed by atoms with Crippen LogP contribution in [-0.4, -0.2) is 46.5 Å². The normalized spacial score (nSPS) is 8.86. The molecule has 0 bridgehead atoms. The van der Waals surface area contributed by atoms with E-state index in [0.717, 1.165) is 58.5 Å². The van der Waals surface area contributed by atoms with Gasteiger partial charge in [0.25, 0.3) is 0 Å². The fourth-order valence-electron chi connectivity index (χ4n) is 0.354. The van der Waals surface area contributed by atoms with Crippen LogP contribution in [0.25, 0.3) is 0 Å². The second-order valence-corrected chi connectivity index (χ2v) is 3.29. The Bertz CT molecular complexity index is 122. The first-order valence-electron chi connectivity index (χ1n) is 6.32. The van der Waals surface area contributed by atoms with E-state index in [-0.39, 0.29) is 16.8 Å². The van der Waals surface area contributed by atoms with Crippen molar-refractivity contribution in [3.63, 3.8) is 0 Å². The predicted octanol–water partition coefficient (Wildman–Crippen LogP) is -0.821. The summed E-state index contributed by atoms with van der Waals surface area (Å²) in [6.07, 6.45) is 2.83. The molecule has 12 N–H and O–H groups in total. The molecule has 0 aromatic heterocycles. The van der Waals surface area contributed by atoms with E-state index >= 15 is 0 Å². The van der Waals surface area contributed by atoms with E-state index in [4.69, 9.17) is 34.4 Å². The van der Waals surface area contributed by atoms with Crippen LogP contribution < -0.4 is 34.4 Å². The zero-order valence-electron chi connectivity index (χ0n) is 12.3. The van der Waals surface area contributed by atoms with Gasteiger partial charge in [0.15, 0.2) is 0 Å². The molecular weight excluding hydrogens is 338 g/mol. The van der Waals surface area contributed by atoms with Gasteiger partial charge in [-0.25, -0.2) is 0 Å². The zero-order valence-corrected chi connectivity index (χ0v) is 13.3. The van der Waals surface area contributed by atoms with E-state index in [0.29, 0.717) is 0 Å². The number of halogens is 4. The molecule has 0 rings (SSSR count). The van der Waals surface area contributed by atoms with Crippen molar-refractivity contribution in [2.24, 2.45) is 34.4 Å². The summed E-state index contributed by atoms with van der Waals surface area (Å²) in [5, 5.41) is 0. The molecule has 0 saturated carbocycles. The molecule has 0 saturated heterocycles. The smallest absolute Gasteiger partial charge is 0.418 e. The molecule has 0 unspecified atom stereocenters.